The molecule has 0 saturated heterocycles. The van der Waals surface area contributed by atoms with Crippen molar-refractivity contribution >= 4 is 46.4 Å². The first-order valence-electron chi connectivity index (χ1n) is 6.85. The van der Waals surface area contributed by atoms with Gasteiger partial charge in [0.1, 0.15) is 10.2 Å². The van der Waals surface area contributed by atoms with Crippen molar-refractivity contribution < 1.29 is 14.7 Å². The van der Waals surface area contributed by atoms with Crippen LogP contribution in [-0.4, -0.2) is 18.3 Å². The lowest BCUT2D eigenvalue weighted by atomic mass is 10.2. The summed E-state index contributed by atoms with van der Waals surface area (Å²) >= 11 is 22.7. The second-order valence-corrected chi connectivity index (χ2v) is 6.23. The van der Waals surface area contributed by atoms with E-state index in [1.807, 2.05) is 6.08 Å². The number of phenols is 1. The molecule has 4 nitrogen and oxygen atoms in total. The summed E-state index contributed by atoms with van der Waals surface area (Å²) in [6.07, 6.45) is 7.79. The molecule has 0 aliphatic rings. The summed E-state index contributed by atoms with van der Waals surface area (Å²) in [5, 5.41) is 9.91. The van der Waals surface area contributed by atoms with Crippen LogP contribution >= 0.6 is 46.4 Å². The number of unbranched alkanes of at least 4 members (excludes halogenated alkanes) is 2. The van der Waals surface area contributed by atoms with Crippen molar-refractivity contribution in [1.29, 1.82) is 0 Å². The molecule has 0 atom stereocenters. The van der Waals surface area contributed by atoms with Crippen LogP contribution in [0.25, 0.3) is 0 Å². The molecule has 0 aliphatic heterocycles. The molecule has 1 aromatic rings. The number of hydrogen-bond acceptors (Lipinski definition) is 4. The summed E-state index contributed by atoms with van der Waals surface area (Å²) < 4.78 is 5.70. The van der Waals surface area contributed by atoms with Gasteiger partial charge in [0.05, 0.1) is 23.3 Å². The van der Waals surface area contributed by atoms with Crippen molar-refractivity contribution in [3.05, 3.63) is 45.0 Å². The van der Waals surface area contributed by atoms with Gasteiger partial charge in [-0.15, -0.1) is 0 Å². The molecule has 8 heteroatoms. The van der Waals surface area contributed by atoms with E-state index >= 15 is 0 Å². The lowest BCUT2D eigenvalue weighted by Crippen LogP contribution is -2.05. The summed E-state index contributed by atoms with van der Waals surface area (Å²) in [5.41, 5.74) is 2.65. The summed E-state index contributed by atoms with van der Waals surface area (Å²) in [4.78, 5) is 5.01. The Labute approximate surface area is 155 Å². The van der Waals surface area contributed by atoms with Gasteiger partial charge in [0.25, 0.3) is 0 Å². The minimum absolute atomic E-state index is 0.0102. The number of phenolic OH excluding ortho intramolecular Hbond substituents is 1. The van der Waals surface area contributed by atoms with E-state index in [1.54, 1.807) is 6.20 Å². The molecule has 0 aliphatic carbocycles. The Morgan fingerprint density at radius 2 is 1.87 bits per heavy atom. The number of hydrogen-bond donors (Lipinski definition) is 2. The van der Waals surface area contributed by atoms with E-state index in [-0.39, 0.29) is 16.8 Å². The maximum atomic E-state index is 9.33. The molecular weight excluding hydrogens is 384 g/mol. The van der Waals surface area contributed by atoms with Crippen LogP contribution in [-0.2, 0) is 4.84 Å². The summed E-state index contributed by atoms with van der Waals surface area (Å²) in [6.45, 7) is 0.773. The van der Waals surface area contributed by atoms with Crippen molar-refractivity contribution in [3.63, 3.8) is 0 Å². The van der Waals surface area contributed by atoms with Crippen LogP contribution in [0.5, 0.6) is 11.5 Å². The van der Waals surface area contributed by atoms with E-state index in [2.05, 4.69) is 5.48 Å². The van der Waals surface area contributed by atoms with Crippen molar-refractivity contribution in [1.82, 2.24) is 5.48 Å². The zero-order valence-electron chi connectivity index (χ0n) is 12.2. The molecule has 0 heterocycles. The zero-order valence-corrected chi connectivity index (χ0v) is 15.2. The third-order valence-electron chi connectivity index (χ3n) is 2.58. The molecule has 0 aromatic heterocycles. The van der Waals surface area contributed by atoms with Gasteiger partial charge < -0.3 is 9.84 Å². The number of nitrogens with one attached hydrogen (secondary N) is 1. The minimum Gasteiger partial charge on any atom is -0.508 e. The second kappa shape index (κ2) is 11.7. The number of allylic oxidation sites excluding steroid dienone is 1. The molecule has 0 amide bonds. The monoisotopic (exact) mass is 399 g/mol. The maximum absolute atomic E-state index is 9.33. The lowest BCUT2D eigenvalue weighted by Gasteiger charge is -2.09. The molecule has 0 spiro atoms. The van der Waals surface area contributed by atoms with Gasteiger partial charge >= 0.3 is 0 Å². The van der Waals surface area contributed by atoms with Gasteiger partial charge in [-0.25, -0.2) is 0 Å². The highest BCUT2D eigenvalue weighted by atomic mass is 35.5. The van der Waals surface area contributed by atoms with Crippen molar-refractivity contribution in [3.8, 4) is 11.5 Å². The number of aromatic hydroxyl groups is 1. The number of hydroxylamine groups is 1. The van der Waals surface area contributed by atoms with E-state index in [1.165, 1.54) is 18.2 Å². The molecular formula is C15H17Cl4NO3. The SMILES string of the molecule is Oc1cc(Cl)c(OCCCCC=CNOCC=C(Cl)Cl)c(Cl)c1. The number of halogens is 4. The summed E-state index contributed by atoms with van der Waals surface area (Å²) in [7, 11) is 0. The molecule has 128 valence electrons. The van der Waals surface area contributed by atoms with Gasteiger partial charge in [0.15, 0.2) is 5.75 Å². The number of benzene rings is 1. The standard InChI is InChI=1S/C15H17Cl4NO3/c16-12-9-11(21)10-13(17)15(12)22-7-4-2-1-3-6-20-23-8-5-14(18)19/h3,5-6,9-10,20-21H,1-2,4,7-8H2. The molecule has 0 bridgehead atoms. The molecule has 0 radical (unpaired) electrons. The predicted molar refractivity (Wildman–Crippen MR) is 95.5 cm³/mol. The Morgan fingerprint density at radius 1 is 1.17 bits per heavy atom. The van der Waals surface area contributed by atoms with Gasteiger partial charge in [-0.2, -0.15) is 0 Å². The number of rotatable bonds is 10. The van der Waals surface area contributed by atoms with Crippen LogP contribution in [0.4, 0.5) is 0 Å². The highest BCUT2D eigenvalue weighted by molar-refractivity contribution is 6.55. The molecule has 1 rings (SSSR count). The Morgan fingerprint density at radius 3 is 2.52 bits per heavy atom. The molecule has 23 heavy (non-hydrogen) atoms. The van der Waals surface area contributed by atoms with Crippen LogP contribution in [0.2, 0.25) is 10.0 Å². The zero-order chi connectivity index (χ0) is 17.1. The van der Waals surface area contributed by atoms with Gasteiger partial charge in [0, 0.05) is 18.3 Å². The molecule has 1 aromatic carbocycles. The third-order valence-corrected chi connectivity index (χ3v) is 3.45. The molecule has 2 N–H and O–H groups in total. The first kappa shape index (κ1) is 20.3. The summed E-state index contributed by atoms with van der Waals surface area (Å²) in [5.74, 6) is 0.402. The molecule has 0 unspecified atom stereocenters. The quantitative estimate of drug-likeness (QED) is 0.396. The average Bonchev–Trinajstić information content (AvgIpc) is 2.46. The van der Waals surface area contributed by atoms with Gasteiger partial charge in [0.2, 0.25) is 0 Å². The van der Waals surface area contributed by atoms with Crippen LogP contribution in [0.3, 0.4) is 0 Å². The topological polar surface area (TPSA) is 50.7 Å². The van der Waals surface area contributed by atoms with E-state index in [9.17, 15) is 5.11 Å². The Kier molecular flexibility index (Phi) is 10.3. The summed E-state index contributed by atoms with van der Waals surface area (Å²) in [6, 6.07) is 2.79. The largest absolute Gasteiger partial charge is 0.508 e. The van der Waals surface area contributed by atoms with E-state index in [0.717, 1.165) is 19.3 Å². The first-order valence-corrected chi connectivity index (χ1v) is 8.36. The van der Waals surface area contributed by atoms with E-state index in [0.29, 0.717) is 22.4 Å². The van der Waals surface area contributed by atoms with Crippen LogP contribution in [0, 0.1) is 0 Å². The highest BCUT2D eigenvalue weighted by Crippen LogP contribution is 2.36. The van der Waals surface area contributed by atoms with E-state index < -0.39 is 0 Å². The van der Waals surface area contributed by atoms with Gasteiger partial charge in [-0.1, -0.05) is 52.5 Å². The maximum Gasteiger partial charge on any atom is 0.156 e. The fourth-order valence-electron chi connectivity index (χ4n) is 1.56. The fraction of sp³-hybridized carbons (Fsp3) is 0.333. The van der Waals surface area contributed by atoms with Crippen LogP contribution < -0.4 is 10.2 Å². The fourth-order valence-corrected chi connectivity index (χ4v) is 2.27. The van der Waals surface area contributed by atoms with Crippen molar-refractivity contribution in [2.24, 2.45) is 0 Å². The van der Waals surface area contributed by atoms with Crippen molar-refractivity contribution in [2.45, 2.75) is 19.3 Å². The predicted octanol–water partition coefficient (Wildman–Crippen LogP) is 5.60. The lowest BCUT2D eigenvalue weighted by molar-refractivity contribution is 0.0953. The normalized spacial score (nSPS) is 10.8. The average molecular weight is 401 g/mol. The van der Waals surface area contributed by atoms with Crippen molar-refractivity contribution in [2.75, 3.05) is 13.2 Å². The number of ether oxygens (including phenoxy) is 1. The van der Waals surface area contributed by atoms with Gasteiger partial charge in [-0.05, 0) is 25.3 Å². The Balaban J connectivity index is 2.11. The Hall–Kier alpha value is -0.780. The smallest absolute Gasteiger partial charge is 0.156 e. The highest BCUT2D eigenvalue weighted by Gasteiger charge is 2.08. The van der Waals surface area contributed by atoms with Gasteiger partial charge in [-0.3, -0.25) is 10.3 Å². The van der Waals surface area contributed by atoms with Crippen LogP contribution in [0.15, 0.2) is 35.0 Å². The minimum atomic E-state index is 0.0102. The molecule has 0 saturated carbocycles. The van der Waals surface area contributed by atoms with Crippen LogP contribution in [0.1, 0.15) is 19.3 Å². The third kappa shape index (κ3) is 9.18. The Bertz CT molecular complexity index is 523. The first-order chi connectivity index (χ1) is 11.0. The van der Waals surface area contributed by atoms with E-state index in [4.69, 9.17) is 56.0 Å². The second-order valence-electron chi connectivity index (χ2n) is 4.41. The molecule has 0 fully saturated rings.